The molecule has 2 nitrogen and oxygen atoms in total. The standard InChI is InChI=1S/C31H31N2/c1-7-31(8-2)22(6)23-13-10-14-24-25-17-19(3)15-16-26(25)33-27(18-32(31)30(33)29(23)24)28-20(4)11-9-12-21(28)5/h9-18H,6-8H2,1-5H3/q+1. The van der Waals surface area contributed by atoms with Crippen molar-refractivity contribution < 1.29 is 4.57 Å². The van der Waals surface area contributed by atoms with E-state index < -0.39 is 0 Å². The van der Waals surface area contributed by atoms with Crippen LogP contribution in [0.3, 0.4) is 0 Å². The molecule has 33 heavy (non-hydrogen) atoms. The Morgan fingerprint density at radius 2 is 1.58 bits per heavy atom. The highest BCUT2D eigenvalue weighted by atomic mass is 15.2. The van der Waals surface area contributed by atoms with Gasteiger partial charge in [0.1, 0.15) is 17.3 Å². The zero-order valence-corrected chi connectivity index (χ0v) is 20.3. The summed E-state index contributed by atoms with van der Waals surface area (Å²) in [7, 11) is 0. The Labute approximate surface area is 195 Å². The van der Waals surface area contributed by atoms with E-state index in [4.69, 9.17) is 6.58 Å². The minimum absolute atomic E-state index is 0.125. The van der Waals surface area contributed by atoms with Gasteiger partial charge in [0.25, 0.3) is 5.65 Å². The molecule has 1 aliphatic rings. The molecule has 2 aromatic heterocycles. The van der Waals surface area contributed by atoms with Gasteiger partial charge in [-0.05, 0) is 62.4 Å². The van der Waals surface area contributed by atoms with Gasteiger partial charge in [0, 0.05) is 21.9 Å². The molecule has 0 amide bonds. The Morgan fingerprint density at radius 3 is 2.27 bits per heavy atom. The Balaban J connectivity index is 1.97. The fraction of sp³-hybridized carbons (Fsp3) is 0.258. The maximum Gasteiger partial charge on any atom is 0.296 e. The lowest BCUT2D eigenvalue weighted by atomic mass is 9.77. The molecular formula is C31H31N2+. The summed E-state index contributed by atoms with van der Waals surface area (Å²) in [6.45, 7) is 16.0. The lowest BCUT2D eigenvalue weighted by Gasteiger charge is -2.35. The van der Waals surface area contributed by atoms with E-state index in [2.05, 4.69) is 104 Å². The fourth-order valence-electron chi connectivity index (χ4n) is 6.40. The fourth-order valence-corrected chi connectivity index (χ4v) is 6.40. The molecule has 1 aliphatic heterocycles. The molecule has 0 spiro atoms. The van der Waals surface area contributed by atoms with Crippen LogP contribution in [0, 0.1) is 20.8 Å². The molecule has 0 fully saturated rings. The molecule has 6 rings (SSSR count). The molecule has 0 radical (unpaired) electrons. The monoisotopic (exact) mass is 431 g/mol. The minimum atomic E-state index is -0.125. The topological polar surface area (TPSA) is 8.29 Å². The Kier molecular flexibility index (Phi) is 4.17. The van der Waals surface area contributed by atoms with Gasteiger partial charge in [0.15, 0.2) is 5.69 Å². The number of allylic oxidation sites excluding steroid dienone is 1. The highest BCUT2D eigenvalue weighted by molar-refractivity contribution is 6.16. The Bertz CT molecular complexity index is 1610. The summed E-state index contributed by atoms with van der Waals surface area (Å²) in [5.74, 6) is 0. The molecule has 164 valence electrons. The van der Waals surface area contributed by atoms with Crippen LogP contribution in [0.1, 0.15) is 48.9 Å². The molecular weight excluding hydrogens is 400 g/mol. The summed E-state index contributed by atoms with van der Waals surface area (Å²) in [5, 5.41) is 3.96. The van der Waals surface area contributed by atoms with E-state index in [1.807, 2.05) is 0 Å². The molecule has 3 heterocycles. The van der Waals surface area contributed by atoms with E-state index >= 15 is 0 Å². The van der Waals surface area contributed by atoms with Crippen molar-refractivity contribution in [2.75, 3.05) is 0 Å². The average Bonchev–Trinajstić information content (AvgIpc) is 3.20. The second-order valence-corrected chi connectivity index (χ2v) is 9.78. The lowest BCUT2D eigenvalue weighted by Crippen LogP contribution is -2.57. The predicted octanol–water partition coefficient (Wildman–Crippen LogP) is 7.67. The van der Waals surface area contributed by atoms with Gasteiger partial charge in [-0.15, -0.1) is 0 Å². The molecule has 0 N–H and O–H groups in total. The molecule has 0 aliphatic carbocycles. The highest BCUT2D eigenvalue weighted by Gasteiger charge is 2.45. The number of rotatable bonds is 3. The maximum atomic E-state index is 4.71. The number of nitrogens with zero attached hydrogens (tertiary/aromatic N) is 2. The second-order valence-electron chi connectivity index (χ2n) is 9.78. The van der Waals surface area contributed by atoms with Crippen molar-refractivity contribution in [1.29, 1.82) is 0 Å². The van der Waals surface area contributed by atoms with Crippen LogP contribution < -0.4 is 4.57 Å². The van der Waals surface area contributed by atoms with Crippen molar-refractivity contribution in [2.45, 2.75) is 53.0 Å². The molecule has 0 unspecified atom stereocenters. The van der Waals surface area contributed by atoms with Crippen LogP contribution in [0.25, 0.3) is 44.2 Å². The molecule has 0 bridgehead atoms. The first-order chi connectivity index (χ1) is 15.9. The van der Waals surface area contributed by atoms with Crippen molar-refractivity contribution in [2.24, 2.45) is 0 Å². The Hall–Kier alpha value is -3.39. The smallest absolute Gasteiger partial charge is 0.219 e. The van der Waals surface area contributed by atoms with Crippen LogP contribution in [-0.4, -0.2) is 4.40 Å². The van der Waals surface area contributed by atoms with Gasteiger partial charge >= 0.3 is 0 Å². The number of aromatic nitrogens is 2. The zero-order chi connectivity index (χ0) is 23.1. The summed E-state index contributed by atoms with van der Waals surface area (Å²) < 4.78 is 5.09. The van der Waals surface area contributed by atoms with Crippen molar-refractivity contribution in [3.63, 3.8) is 0 Å². The number of pyridine rings is 1. The van der Waals surface area contributed by atoms with Gasteiger partial charge in [0.2, 0.25) is 0 Å². The molecule has 2 heteroatoms. The third kappa shape index (κ3) is 2.41. The molecule has 0 saturated carbocycles. The summed E-state index contributed by atoms with van der Waals surface area (Å²) in [4.78, 5) is 0. The Morgan fingerprint density at radius 1 is 0.879 bits per heavy atom. The molecule has 0 saturated heterocycles. The van der Waals surface area contributed by atoms with Crippen molar-refractivity contribution in [3.8, 4) is 11.3 Å². The number of hydrogen-bond donors (Lipinski definition) is 0. The average molecular weight is 432 g/mol. The largest absolute Gasteiger partial charge is 0.296 e. The van der Waals surface area contributed by atoms with Gasteiger partial charge in [-0.2, -0.15) is 4.40 Å². The summed E-state index contributed by atoms with van der Waals surface area (Å²) in [6, 6.07) is 20.3. The minimum Gasteiger partial charge on any atom is -0.219 e. The van der Waals surface area contributed by atoms with Gasteiger partial charge in [-0.25, -0.2) is 4.57 Å². The second kappa shape index (κ2) is 6.81. The highest BCUT2D eigenvalue weighted by Crippen LogP contribution is 2.46. The first-order valence-corrected chi connectivity index (χ1v) is 12.1. The summed E-state index contributed by atoms with van der Waals surface area (Å²) >= 11 is 0. The van der Waals surface area contributed by atoms with E-state index in [9.17, 15) is 0 Å². The molecule has 3 aromatic carbocycles. The number of benzene rings is 3. The molecule has 0 atom stereocenters. The van der Waals surface area contributed by atoms with Crippen LogP contribution in [0.2, 0.25) is 0 Å². The van der Waals surface area contributed by atoms with Gasteiger partial charge in [-0.3, -0.25) is 0 Å². The number of fused-ring (bicyclic) bond motifs is 3. The third-order valence-corrected chi connectivity index (χ3v) is 8.16. The van der Waals surface area contributed by atoms with E-state index in [1.54, 1.807) is 0 Å². The van der Waals surface area contributed by atoms with Gasteiger partial charge in [-0.1, -0.05) is 68.5 Å². The van der Waals surface area contributed by atoms with E-state index in [1.165, 1.54) is 66.4 Å². The predicted molar refractivity (Wildman–Crippen MR) is 140 cm³/mol. The van der Waals surface area contributed by atoms with Gasteiger partial charge < -0.3 is 0 Å². The SMILES string of the molecule is C=C1c2cccc3c4cc(C)ccc4n4c(-c5c(C)cccc5C)c[n+](c4c23)C1(CC)CC. The van der Waals surface area contributed by atoms with Crippen LogP contribution in [0.5, 0.6) is 0 Å². The number of imidazole rings is 1. The van der Waals surface area contributed by atoms with Crippen molar-refractivity contribution in [3.05, 3.63) is 89.6 Å². The number of aryl methyl sites for hydroxylation is 3. The summed E-state index contributed by atoms with van der Waals surface area (Å²) in [6.07, 6.45) is 4.44. The van der Waals surface area contributed by atoms with E-state index in [0.29, 0.717) is 0 Å². The van der Waals surface area contributed by atoms with Crippen LogP contribution >= 0.6 is 0 Å². The van der Waals surface area contributed by atoms with E-state index in [0.717, 1.165) is 12.8 Å². The van der Waals surface area contributed by atoms with Crippen LogP contribution in [-0.2, 0) is 5.54 Å². The number of hydrogen-bond acceptors (Lipinski definition) is 0. The van der Waals surface area contributed by atoms with E-state index in [-0.39, 0.29) is 5.54 Å². The lowest BCUT2D eigenvalue weighted by molar-refractivity contribution is -0.726. The van der Waals surface area contributed by atoms with Gasteiger partial charge in [0.05, 0.1) is 5.39 Å². The van der Waals surface area contributed by atoms with Crippen molar-refractivity contribution >= 4 is 32.9 Å². The normalized spacial score (nSPS) is 14.8. The first-order valence-electron chi connectivity index (χ1n) is 12.1. The molecule has 5 aromatic rings. The van der Waals surface area contributed by atoms with Crippen LogP contribution in [0.15, 0.2) is 67.4 Å². The maximum absolute atomic E-state index is 4.71. The van der Waals surface area contributed by atoms with Crippen molar-refractivity contribution in [1.82, 2.24) is 4.40 Å². The van der Waals surface area contributed by atoms with Crippen LogP contribution in [0.4, 0.5) is 0 Å². The summed E-state index contributed by atoms with van der Waals surface area (Å²) in [5.41, 5.74) is 11.5. The zero-order valence-electron chi connectivity index (χ0n) is 20.3. The third-order valence-electron chi connectivity index (χ3n) is 8.16. The first kappa shape index (κ1) is 20.2. The quantitative estimate of drug-likeness (QED) is 0.205.